The van der Waals surface area contributed by atoms with E-state index in [0.29, 0.717) is 33.5 Å². The summed E-state index contributed by atoms with van der Waals surface area (Å²) in [6, 6.07) is 37.4. The molecular formula is C45H34N4O2. The lowest BCUT2D eigenvalue weighted by molar-refractivity contribution is 0.100. The number of benzene rings is 5. The maximum absolute atomic E-state index is 12.3. The van der Waals surface area contributed by atoms with Crippen LogP contribution in [-0.2, 0) is 5.41 Å². The van der Waals surface area contributed by atoms with E-state index in [0.717, 1.165) is 56.7 Å². The first-order chi connectivity index (χ1) is 24.8. The van der Waals surface area contributed by atoms with Crippen LogP contribution in [-0.4, -0.2) is 31.5 Å². The molecule has 0 amide bonds. The van der Waals surface area contributed by atoms with Crippen LogP contribution in [0.4, 0.5) is 0 Å². The van der Waals surface area contributed by atoms with E-state index >= 15 is 0 Å². The molecule has 51 heavy (non-hydrogen) atoms. The Morgan fingerprint density at radius 1 is 0.510 bits per heavy atom. The highest BCUT2D eigenvalue weighted by atomic mass is 16.1. The van der Waals surface area contributed by atoms with Crippen molar-refractivity contribution in [3.05, 3.63) is 156 Å². The third-order valence-electron chi connectivity index (χ3n) is 9.59. The van der Waals surface area contributed by atoms with Crippen LogP contribution in [0, 0.1) is 0 Å². The quantitative estimate of drug-likeness (QED) is 0.158. The summed E-state index contributed by atoms with van der Waals surface area (Å²) in [5.74, 6) is -0.0589. The van der Waals surface area contributed by atoms with Gasteiger partial charge in [0.1, 0.15) is 0 Å². The Kier molecular flexibility index (Phi) is 8.00. The van der Waals surface area contributed by atoms with Crippen LogP contribution in [0.3, 0.4) is 0 Å². The van der Waals surface area contributed by atoms with Gasteiger partial charge in [0.25, 0.3) is 0 Å². The van der Waals surface area contributed by atoms with Gasteiger partial charge in [0.2, 0.25) is 0 Å². The van der Waals surface area contributed by atoms with Crippen molar-refractivity contribution in [3.63, 3.8) is 0 Å². The molecule has 0 unspecified atom stereocenters. The fourth-order valence-electron chi connectivity index (χ4n) is 6.74. The molecule has 0 aliphatic heterocycles. The molecule has 0 spiro atoms. The number of hydrogen-bond acceptors (Lipinski definition) is 6. The third kappa shape index (κ3) is 6.06. The Morgan fingerprint density at radius 2 is 1.04 bits per heavy atom. The third-order valence-corrected chi connectivity index (χ3v) is 9.59. The molecule has 7 aromatic rings. The van der Waals surface area contributed by atoms with Crippen molar-refractivity contribution in [1.82, 2.24) is 19.9 Å². The Bertz CT molecular complexity index is 2590. The number of ketones is 2. The van der Waals surface area contributed by atoms with Gasteiger partial charge in [-0.3, -0.25) is 9.59 Å². The zero-order chi connectivity index (χ0) is 35.1. The van der Waals surface area contributed by atoms with Gasteiger partial charge >= 0.3 is 0 Å². The molecule has 0 N–H and O–H groups in total. The predicted octanol–water partition coefficient (Wildman–Crippen LogP) is 10.4. The summed E-state index contributed by atoms with van der Waals surface area (Å²) in [7, 11) is 0. The van der Waals surface area contributed by atoms with Gasteiger partial charge in [-0.2, -0.15) is 0 Å². The molecule has 1 aliphatic rings. The molecule has 6 heteroatoms. The number of rotatable bonds is 7. The second-order valence-electron chi connectivity index (χ2n) is 13.3. The second-order valence-corrected chi connectivity index (χ2v) is 13.3. The molecule has 2 heterocycles. The summed E-state index contributed by atoms with van der Waals surface area (Å²) in [5.41, 5.74) is 11.6. The molecule has 0 bridgehead atoms. The van der Waals surface area contributed by atoms with E-state index in [2.05, 4.69) is 55.5 Å². The fourth-order valence-corrected chi connectivity index (χ4v) is 6.74. The SMILES string of the molecule is CC(=O)c1cccc(-c2nc3ccc(-c4ccc5nc(-c6ccccc6)c([C@@]6(C)C=CC=CC6)nc5c4)cc3nc2-c2cccc(C(C)=O)c2)c1. The summed E-state index contributed by atoms with van der Waals surface area (Å²) in [4.78, 5) is 45.4. The van der Waals surface area contributed by atoms with Gasteiger partial charge in [0, 0.05) is 33.2 Å². The Balaban J connectivity index is 1.28. The van der Waals surface area contributed by atoms with Crippen molar-refractivity contribution >= 4 is 33.6 Å². The lowest BCUT2D eigenvalue weighted by Crippen LogP contribution is -2.23. The Labute approximate surface area is 296 Å². The molecule has 246 valence electrons. The minimum atomic E-state index is -0.298. The highest BCUT2D eigenvalue weighted by Gasteiger charge is 2.30. The minimum Gasteiger partial charge on any atom is -0.295 e. The molecule has 0 saturated carbocycles. The number of carbonyl (C=O) groups is 2. The molecule has 6 nitrogen and oxygen atoms in total. The molecule has 1 aliphatic carbocycles. The average molecular weight is 663 g/mol. The maximum Gasteiger partial charge on any atom is 0.159 e. The monoisotopic (exact) mass is 662 g/mol. The standard InChI is InChI=1S/C45H34N4O2/c1-28(50)31-14-10-16-35(24-31)41-42(36-17-11-15-32(25-36)29(2)51)48-39-26-33(18-20-37(39)46-41)34-19-21-38-40(27-34)49-44(45(3)22-8-5-9-23-45)43(47-38)30-12-6-4-7-13-30/h4-22,24-27H,23H2,1-3H3/t45-/m0/s1. The van der Waals surface area contributed by atoms with Crippen LogP contribution >= 0.6 is 0 Å². The van der Waals surface area contributed by atoms with Crippen LogP contribution in [0.25, 0.3) is 67.0 Å². The zero-order valence-electron chi connectivity index (χ0n) is 28.6. The number of aromatic nitrogens is 4. The first-order valence-electron chi connectivity index (χ1n) is 17.0. The summed E-state index contributed by atoms with van der Waals surface area (Å²) in [5, 5.41) is 0. The van der Waals surface area contributed by atoms with E-state index in [-0.39, 0.29) is 17.0 Å². The predicted molar refractivity (Wildman–Crippen MR) is 205 cm³/mol. The van der Waals surface area contributed by atoms with Crippen LogP contribution < -0.4 is 0 Å². The van der Waals surface area contributed by atoms with Gasteiger partial charge in [0.15, 0.2) is 11.6 Å². The van der Waals surface area contributed by atoms with Crippen LogP contribution in [0.2, 0.25) is 0 Å². The smallest absolute Gasteiger partial charge is 0.159 e. The molecule has 5 aromatic carbocycles. The van der Waals surface area contributed by atoms with Crippen LogP contribution in [0.5, 0.6) is 0 Å². The van der Waals surface area contributed by atoms with E-state index < -0.39 is 0 Å². The summed E-state index contributed by atoms with van der Waals surface area (Å²) >= 11 is 0. The highest BCUT2D eigenvalue weighted by molar-refractivity contribution is 5.98. The van der Waals surface area contributed by atoms with Crippen molar-refractivity contribution in [2.45, 2.75) is 32.6 Å². The van der Waals surface area contributed by atoms with Gasteiger partial charge in [-0.15, -0.1) is 0 Å². The normalized spacial score (nSPS) is 15.4. The van der Waals surface area contributed by atoms with E-state index in [1.54, 1.807) is 26.0 Å². The summed E-state index contributed by atoms with van der Waals surface area (Å²) in [6.45, 7) is 5.32. The van der Waals surface area contributed by atoms with Crippen LogP contribution in [0.15, 0.2) is 140 Å². The molecule has 1 atom stereocenters. The lowest BCUT2D eigenvalue weighted by atomic mass is 9.78. The highest BCUT2D eigenvalue weighted by Crippen LogP contribution is 2.39. The lowest BCUT2D eigenvalue weighted by Gasteiger charge is -2.28. The zero-order valence-corrected chi connectivity index (χ0v) is 28.6. The van der Waals surface area contributed by atoms with Crippen molar-refractivity contribution in [1.29, 1.82) is 0 Å². The van der Waals surface area contributed by atoms with Gasteiger partial charge in [0.05, 0.1) is 44.8 Å². The van der Waals surface area contributed by atoms with Gasteiger partial charge in [-0.05, 0) is 67.8 Å². The number of Topliss-reactive ketones (excluding diaryl/α,β-unsaturated/α-hetero) is 2. The molecular weight excluding hydrogens is 629 g/mol. The second kappa shape index (κ2) is 12.8. The first kappa shape index (κ1) is 31.8. The van der Waals surface area contributed by atoms with E-state index in [1.807, 2.05) is 78.9 Å². The fraction of sp³-hybridized carbons (Fsp3) is 0.111. The first-order valence-corrected chi connectivity index (χ1v) is 17.0. The number of carbonyl (C=O) groups excluding carboxylic acids is 2. The summed E-state index contributed by atoms with van der Waals surface area (Å²) < 4.78 is 0. The number of fused-ring (bicyclic) bond motifs is 2. The number of allylic oxidation sites excluding steroid dienone is 4. The minimum absolute atomic E-state index is 0.0278. The van der Waals surface area contributed by atoms with E-state index in [1.165, 1.54) is 0 Å². The van der Waals surface area contributed by atoms with Crippen molar-refractivity contribution in [3.8, 4) is 44.9 Å². The average Bonchev–Trinajstić information content (AvgIpc) is 3.17. The Morgan fingerprint density at radius 3 is 1.59 bits per heavy atom. The van der Waals surface area contributed by atoms with Gasteiger partial charge in [-0.25, -0.2) is 19.9 Å². The van der Waals surface area contributed by atoms with Crippen LogP contribution in [0.1, 0.15) is 53.6 Å². The molecule has 0 fully saturated rings. The topological polar surface area (TPSA) is 85.7 Å². The van der Waals surface area contributed by atoms with Crippen molar-refractivity contribution < 1.29 is 9.59 Å². The number of nitrogens with zero attached hydrogens (tertiary/aromatic N) is 4. The van der Waals surface area contributed by atoms with E-state index in [4.69, 9.17) is 19.9 Å². The summed E-state index contributed by atoms with van der Waals surface area (Å²) in [6.07, 6.45) is 9.41. The van der Waals surface area contributed by atoms with Crippen molar-refractivity contribution in [2.24, 2.45) is 0 Å². The molecule has 0 radical (unpaired) electrons. The largest absolute Gasteiger partial charge is 0.295 e. The Hall–Kier alpha value is -6.40. The molecule has 0 saturated heterocycles. The van der Waals surface area contributed by atoms with Gasteiger partial charge in [-0.1, -0.05) is 110 Å². The number of hydrogen-bond donors (Lipinski definition) is 0. The van der Waals surface area contributed by atoms with Crippen molar-refractivity contribution in [2.75, 3.05) is 0 Å². The maximum atomic E-state index is 12.3. The van der Waals surface area contributed by atoms with E-state index in [9.17, 15) is 9.59 Å². The molecule has 2 aromatic heterocycles. The van der Waals surface area contributed by atoms with Gasteiger partial charge < -0.3 is 0 Å². The molecule has 8 rings (SSSR count).